The Labute approximate surface area is 97.5 Å². The lowest BCUT2D eigenvalue weighted by Crippen LogP contribution is -1.92. The third-order valence-corrected chi connectivity index (χ3v) is 2.24. The van der Waals surface area contributed by atoms with Gasteiger partial charge in [-0.1, -0.05) is 5.16 Å². The summed E-state index contributed by atoms with van der Waals surface area (Å²) in [4.78, 5) is 4.05. The van der Waals surface area contributed by atoms with Crippen molar-refractivity contribution in [3.8, 4) is 23.0 Å². The van der Waals surface area contributed by atoms with Gasteiger partial charge in [-0.3, -0.25) is 0 Å². The number of methoxy groups -OCH3 is 1. The molecule has 17 heavy (non-hydrogen) atoms. The van der Waals surface area contributed by atoms with Crippen LogP contribution in [0.4, 0.5) is 0 Å². The smallest absolute Gasteiger partial charge is 0.261 e. The molecule has 0 atom stereocenters. The third-order valence-electron chi connectivity index (χ3n) is 2.24. The molecule has 1 aromatic carbocycles. The summed E-state index contributed by atoms with van der Waals surface area (Å²) in [7, 11) is 1.51. The van der Waals surface area contributed by atoms with Gasteiger partial charge in [0, 0.05) is 12.5 Å². The third kappa shape index (κ3) is 2.36. The highest BCUT2D eigenvalue weighted by Gasteiger charge is 2.13. The van der Waals surface area contributed by atoms with Crippen LogP contribution in [0.5, 0.6) is 11.5 Å². The number of phenols is 1. The normalized spacial score (nSPS) is 10.5. The minimum atomic E-state index is -0.0480. The molecule has 0 spiro atoms. The summed E-state index contributed by atoms with van der Waals surface area (Å²) in [6.45, 7) is -0.0480. The predicted octanol–water partition coefficient (Wildman–Crippen LogP) is 0.986. The zero-order chi connectivity index (χ0) is 12.3. The molecule has 0 bridgehead atoms. The van der Waals surface area contributed by atoms with Crippen molar-refractivity contribution >= 4 is 0 Å². The monoisotopic (exact) mass is 236 g/mol. The van der Waals surface area contributed by atoms with Gasteiger partial charge in [-0.05, 0) is 12.1 Å². The fourth-order valence-corrected chi connectivity index (χ4v) is 1.38. The quantitative estimate of drug-likeness (QED) is 0.822. The van der Waals surface area contributed by atoms with E-state index in [-0.39, 0.29) is 18.2 Å². The van der Waals surface area contributed by atoms with Gasteiger partial charge < -0.3 is 19.5 Å². The Hall–Kier alpha value is -2.08. The van der Waals surface area contributed by atoms with Gasteiger partial charge in [0.1, 0.15) is 11.5 Å². The van der Waals surface area contributed by atoms with E-state index >= 15 is 0 Å². The van der Waals surface area contributed by atoms with Gasteiger partial charge in [0.2, 0.25) is 0 Å². The summed E-state index contributed by atoms with van der Waals surface area (Å²) >= 11 is 0. The fraction of sp³-hybridized carbons (Fsp3) is 0.273. The van der Waals surface area contributed by atoms with Crippen LogP contribution in [0.2, 0.25) is 0 Å². The van der Waals surface area contributed by atoms with Crippen LogP contribution in [0.1, 0.15) is 5.82 Å². The molecule has 1 heterocycles. The average molecular weight is 236 g/mol. The maximum Gasteiger partial charge on any atom is 0.261 e. The summed E-state index contributed by atoms with van der Waals surface area (Å²) in [5, 5.41) is 22.2. The molecule has 1 aromatic heterocycles. The second-order valence-corrected chi connectivity index (χ2v) is 3.37. The number of phenolic OH excluding ortho intramolecular Hbond substituents is 1. The van der Waals surface area contributed by atoms with E-state index in [4.69, 9.17) is 14.4 Å². The number of hydrogen-bond donors (Lipinski definition) is 2. The van der Waals surface area contributed by atoms with Crippen LogP contribution in [-0.4, -0.2) is 34.1 Å². The van der Waals surface area contributed by atoms with Crippen molar-refractivity contribution in [3.63, 3.8) is 0 Å². The Morgan fingerprint density at radius 1 is 1.41 bits per heavy atom. The van der Waals surface area contributed by atoms with E-state index in [9.17, 15) is 5.11 Å². The first-order chi connectivity index (χ1) is 8.24. The molecule has 0 aliphatic heterocycles. The predicted molar refractivity (Wildman–Crippen MR) is 58.7 cm³/mol. The molecule has 0 saturated heterocycles. The molecule has 90 valence electrons. The van der Waals surface area contributed by atoms with Crippen LogP contribution >= 0.6 is 0 Å². The molecule has 2 N–H and O–H groups in total. The lowest BCUT2D eigenvalue weighted by atomic mass is 10.2. The topological polar surface area (TPSA) is 88.6 Å². The fourth-order valence-electron chi connectivity index (χ4n) is 1.38. The summed E-state index contributed by atoms with van der Waals surface area (Å²) in [5.41, 5.74) is 0.433. The molecule has 0 unspecified atom stereocenters. The van der Waals surface area contributed by atoms with Crippen molar-refractivity contribution in [1.82, 2.24) is 10.1 Å². The molecule has 0 amide bonds. The highest BCUT2D eigenvalue weighted by molar-refractivity contribution is 5.63. The minimum Gasteiger partial charge on any atom is -0.507 e. The largest absolute Gasteiger partial charge is 0.507 e. The average Bonchev–Trinajstić information content (AvgIpc) is 2.78. The Bertz CT molecular complexity index is 510. The number of aliphatic hydroxyl groups is 1. The van der Waals surface area contributed by atoms with Crippen molar-refractivity contribution in [2.75, 3.05) is 13.7 Å². The number of nitrogens with zero attached hydrogens (tertiary/aromatic N) is 2. The molecular formula is C11H12N2O4. The Morgan fingerprint density at radius 2 is 2.24 bits per heavy atom. The number of aliphatic hydroxyl groups excluding tert-OH is 1. The number of hydrogen-bond acceptors (Lipinski definition) is 6. The van der Waals surface area contributed by atoms with Gasteiger partial charge in [0.15, 0.2) is 5.82 Å². The highest BCUT2D eigenvalue weighted by Crippen LogP contribution is 2.31. The van der Waals surface area contributed by atoms with Gasteiger partial charge in [0.25, 0.3) is 5.89 Å². The molecule has 0 aliphatic carbocycles. The van der Waals surface area contributed by atoms with Crippen molar-refractivity contribution in [2.45, 2.75) is 6.42 Å². The Kier molecular flexibility index (Phi) is 3.24. The van der Waals surface area contributed by atoms with E-state index in [1.54, 1.807) is 12.1 Å². The number of ether oxygens (including phenoxy) is 1. The van der Waals surface area contributed by atoms with Crippen molar-refractivity contribution in [1.29, 1.82) is 0 Å². The van der Waals surface area contributed by atoms with E-state index in [0.717, 1.165) is 0 Å². The zero-order valence-electron chi connectivity index (χ0n) is 9.25. The molecule has 6 heteroatoms. The first kappa shape index (κ1) is 11.4. The molecule has 0 saturated carbocycles. The SMILES string of the molecule is COc1ccc(-c2nc(CCO)no2)c(O)c1. The van der Waals surface area contributed by atoms with Gasteiger partial charge in [-0.25, -0.2) is 0 Å². The van der Waals surface area contributed by atoms with E-state index in [1.807, 2.05) is 0 Å². The Balaban J connectivity index is 2.32. The van der Waals surface area contributed by atoms with E-state index in [1.165, 1.54) is 13.2 Å². The molecule has 2 rings (SSSR count). The van der Waals surface area contributed by atoms with Gasteiger partial charge in [-0.15, -0.1) is 0 Å². The zero-order valence-corrected chi connectivity index (χ0v) is 9.25. The summed E-state index contributed by atoms with van der Waals surface area (Å²) < 4.78 is 9.95. The lowest BCUT2D eigenvalue weighted by Gasteiger charge is -2.02. The van der Waals surface area contributed by atoms with Crippen LogP contribution in [0, 0.1) is 0 Å². The standard InChI is InChI=1S/C11H12N2O4/c1-16-7-2-3-8(9(15)6-7)11-12-10(4-5-14)13-17-11/h2-3,6,14-15H,4-5H2,1H3. The minimum absolute atomic E-state index is 0.00329. The maximum atomic E-state index is 9.76. The molecule has 0 aliphatic rings. The van der Waals surface area contributed by atoms with Crippen LogP contribution in [-0.2, 0) is 6.42 Å². The summed E-state index contributed by atoms with van der Waals surface area (Å²) in [6, 6.07) is 4.78. The number of aromatic nitrogens is 2. The van der Waals surface area contributed by atoms with Crippen molar-refractivity contribution < 1.29 is 19.5 Å². The number of aromatic hydroxyl groups is 1. The first-order valence-electron chi connectivity index (χ1n) is 5.05. The van der Waals surface area contributed by atoms with Crippen LogP contribution in [0.25, 0.3) is 11.5 Å². The second-order valence-electron chi connectivity index (χ2n) is 3.37. The highest BCUT2D eigenvalue weighted by atomic mass is 16.5. The number of benzene rings is 1. The van der Waals surface area contributed by atoms with Crippen molar-refractivity contribution in [3.05, 3.63) is 24.0 Å². The van der Waals surface area contributed by atoms with Crippen LogP contribution in [0.3, 0.4) is 0 Å². The van der Waals surface area contributed by atoms with Crippen molar-refractivity contribution in [2.24, 2.45) is 0 Å². The lowest BCUT2D eigenvalue weighted by molar-refractivity contribution is 0.293. The first-order valence-corrected chi connectivity index (χ1v) is 5.05. The molecular weight excluding hydrogens is 224 g/mol. The van der Waals surface area contributed by atoms with Crippen LogP contribution < -0.4 is 4.74 Å². The van der Waals surface area contributed by atoms with Gasteiger partial charge in [-0.2, -0.15) is 4.98 Å². The van der Waals surface area contributed by atoms with E-state index < -0.39 is 0 Å². The molecule has 0 fully saturated rings. The number of rotatable bonds is 4. The molecule has 0 radical (unpaired) electrons. The molecule has 6 nitrogen and oxygen atoms in total. The van der Waals surface area contributed by atoms with Gasteiger partial charge >= 0.3 is 0 Å². The van der Waals surface area contributed by atoms with Crippen LogP contribution in [0.15, 0.2) is 22.7 Å². The summed E-state index contributed by atoms with van der Waals surface area (Å²) in [5.74, 6) is 1.16. The molecule has 2 aromatic rings. The van der Waals surface area contributed by atoms with E-state index in [2.05, 4.69) is 10.1 Å². The Morgan fingerprint density at radius 3 is 2.88 bits per heavy atom. The van der Waals surface area contributed by atoms with Gasteiger partial charge in [0.05, 0.1) is 19.3 Å². The second kappa shape index (κ2) is 4.84. The summed E-state index contributed by atoms with van der Waals surface area (Å²) in [6.07, 6.45) is 0.320. The maximum absolute atomic E-state index is 9.76. The van der Waals surface area contributed by atoms with E-state index in [0.29, 0.717) is 23.6 Å².